The minimum absolute atomic E-state index is 0.0185. The summed E-state index contributed by atoms with van der Waals surface area (Å²) in [6.07, 6.45) is 2.64. The molecule has 0 amide bonds. The molecule has 3 aromatic heterocycles. The smallest absolute Gasteiger partial charge is 0.356 e. The van der Waals surface area contributed by atoms with Crippen LogP contribution in [0.5, 0.6) is 0 Å². The Kier molecular flexibility index (Phi) is 5.00. The lowest BCUT2D eigenvalue weighted by Gasteiger charge is -2.39. The summed E-state index contributed by atoms with van der Waals surface area (Å²) in [5.74, 6) is 1.21. The van der Waals surface area contributed by atoms with Crippen molar-refractivity contribution in [1.29, 1.82) is 0 Å². The van der Waals surface area contributed by atoms with Crippen LogP contribution in [0.4, 0.5) is 19.0 Å². The first-order valence-corrected chi connectivity index (χ1v) is 10.5. The molecule has 0 saturated carbocycles. The van der Waals surface area contributed by atoms with Gasteiger partial charge < -0.3 is 10.2 Å². The van der Waals surface area contributed by atoms with Gasteiger partial charge in [0.15, 0.2) is 5.82 Å². The van der Waals surface area contributed by atoms with E-state index in [0.717, 1.165) is 44.6 Å². The van der Waals surface area contributed by atoms with Crippen molar-refractivity contribution in [2.75, 3.05) is 31.1 Å². The standard InChI is InChI=1S/C22H23F3N6/c23-22(24,25)12-16-11-17-18(13-28-16)29-19(15-1-6-26-7-2-15)30-20(17)31-9-4-21(5-10-31)3-8-27-14-21/h1-2,6-7,11,13,27H,3-5,8-10,12,14H2. The fraction of sp³-hybridized carbons (Fsp3) is 0.455. The number of pyridine rings is 2. The Hall–Kier alpha value is -2.81. The Balaban J connectivity index is 1.56. The highest BCUT2D eigenvalue weighted by Crippen LogP contribution is 2.39. The van der Waals surface area contributed by atoms with E-state index in [1.807, 2.05) is 12.1 Å². The molecule has 2 fully saturated rings. The molecule has 0 aliphatic carbocycles. The summed E-state index contributed by atoms with van der Waals surface area (Å²) in [5, 5.41) is 4.08. The largest absolute Gasteiger partial charge is 0.394 e. The number of hydrogen-bond acceptors (Lipinski definition) is 6. The SMILES string of the molecule is FC(F)(F)Cc1cc2c(N3CCC4(CCNC4)CC3)nc(-c3ccncc3)nc2cn1. The van der Waals surface area contributed by atoms with E-state index in [-0.39, 0.29) is 5.69 Å². The lowest BCUT2D eigenvalue weighted by molar-refractivity contribution is -0.127. The molecule has 9 heteroatoms. The van der Waals surface area contributed by atoms with Crippen LogP contribution >= 0.6 is 0 Å². The normalized spacial score (nSPS) is 18.7. The molecular formula is C22H23F3N6. The third-order valence-corrected chi connectivity index (χ3v) is 6.39. The Morgan fingerprint density at radius 2 is 1.84 bits per heavy atom. The van der Waals surface area contributed by atoms with Crippen LogP contribution < -0.4 is 10.2 Å². The first-order chi connectivity index (χ1) is 14.9. The van der Waals surface area contributed by atoms with Crippen molar-refractivity contribution in [2.45, 2.75) is 31.9 Å². The predicted octanol–water partition coefficient (Wildman–Crippen LogP) is 3.77. The Morgan fingerprint density at radius 1 is 1.06 bits per heavy atom. The molecule has 1 N–H and O–H groups in total. The molecule has 5 rings (SSSR count). The summed E-state index contributed by atoms with van der Waals surface area (Å²) in [5.41, 5.74) is 1.67. The number of fused-ring (bicyclic) bond motifs is 1. The molecule has 0 bridgehead atoms. The zero-order chi connectivity index (χ0) is 21.5. The minimum Gasteiger partial charge on any atom is -0.356 e. The number of anilines is 1. The molecular weight excluding hydrogens is 405 g/mol. The van der Waals surface area contributed by atoms with Crippen molar-refractivity contribution in [3.8, 4) is 11.4 Å². The van der Waals surface area contributed by atoms with E-state index in [1.165, 1.54) is 18.7 Å². The van der Waals surface area contributed by atoms with Crippen molar-refractivity contribution in [3.05, 3.63) is 42.5 Å². The average molecular weight is 428 g/mol. The van der Waals surface area contributed by atoms with Crippen molar-refractivity contribution < 1.29 is 13.2 Å². The zero-order valence-electron chi connectivity index (χ0n) is 17.0. The van der Waals surface area contributed by atoms with Crippen LogP contribution in [0.1, 0.15) is 25.0 Å². The van der Waals surface area contributed by atoms with Gasteiger partial charge in [0.05, 0.1) is 23.8 Å². The van der Waals surface area contributed by atoms with Crippen molar-refractivity contribution in [1.82, 2.24) is 25.3 Å². The van der Waals surface area contributed by atoms with Gasteiger partial charge in [0.2, 0.25) is 0 Å². The highest BCUT2D eigenvalue weighted by molar-refractivity contribution is 5.91. The second-order valence-electron chi connectivity index (χ2n) is 8.51. The summed E-state index contributed by atoms with van der Waals surface area (Å²) in [7, 11) is 0. The van der Waals surface area contributed by atoms with Gasteiger partial charge in [-0.15, -0.1) is 0 Å². The van der Waals surface area contributed by atoms with Crippen LogP contribution in [0.25, 0.3) is 22.3 Å². The molecule has 0 atom stereocenters. The van der Waals surface area contributed by atoms with Gasteiger partial charge >= 0.3 is 6.18 Å². The quantitative estimate of drug-likeness (QED) is 0.685. The van der Waals surface area contributed by atoms with E-state index in [0.29, 0.717) is 28.0 Å². The fourth-order valence-corrected chi connectivity index (χ4v) is 4.65. The van der Waals surface area contributed by atoms with Crippen molar-refractivity contribution in [3.63, 3.8) is 0 Å². The number of halogens is 3. The Bertz CT molecular complexity index is 1070. The van der Waals surface area contributed by atoms with E-state index in [2.05, 4.69) is 25.2 Å². The van der Waals surface area contributed by atoms with Crippen LogP contribution in [0.3, 0.4) is 0 Å². The topological polar surface area (TPSA) is 66.8 Å². The van der Waals surface area contributed by atoms with Gasteiger partial charge in [0, 0.05) is 43.0 Å². The Labute approximate surface area is 177 Å². The minimum atomic E-state index is -4.31. The second-order valence-corrected chi connectivity index (χ2v) is 8.51. The number of nitrogens with zero attached hydrogens (tertiary/aromatic N) is 5. The predicted molar refractivity (Wildman–Crippen MR) is 112 cm³/mol. The van der Waals surface area contributed by atoms with Gasteiger partial charge in [-0.25, -0.2) is 9.97 Å². The molecule has 0 radical (unpaired) electrons. The average Bonchev–Trinajstić information content (AvgIpc) is 3.21. The molecule has 2 aliphatic heterocycles. The second kappa shape index (κ2) is 7.71. The number of hydrogen-bond donors (Lipinski definition) is 1. The van der Waals surface area contributed by atoms with Crippen molar-refractivity contribution in [2.24, 2.45) is 5.41 Å². The molecule has 5 heterocycles. The molecule has 0 unspecified atom stereocenters. The molecule has 162 valence electrons. The van der Waals surface area contributed by atoms with E-state index in [9.17, 15) is 13.2 Å². The van der Waals surface area contributed by atoms with E-state index in [4.69, 9.17) is 4.98 Å². The number of rotatable bonds is 3. The summed E-state index contributed by atoms with van der Waals surface area (Å²) < 4.78 is 38.9. The third kappa shape index (κ3) is 4.19. The lowest BCUT2D eigenvalue weighted by atomic mass is 9.78. The maximum absolute atomic E-state index is 13.0. The van der Waals surface area contributed by atoms with Crippen LogP contribution in [0.2, 0.25) is 0 Å². The molecule has 1 spiro atoms. The van der Waals surface area contributed by atoms with Gasteiger partial charge in [-0.1, -0.05) is 0 Å². The maximum atomic E-state index is 13.0. The van der Waals surface area contributed by atoms with Gasteiger partial charge in [-0.2, -0.15) is 13.2 Å². The number of piperidine rings is 1. The number of aromatic nitrogens is 4. The highest BCUT2D eigenvalue weighted by Gasteiger charge is 2.37. The summed E-state index contributed by atoms with van der Waals surface area (Å²) in [4.78, 5) is 19.7. The third-order valence-electron chi connectivity index (χ3n) is 6.39. The molecule has 6 nitrogen and oxygen atoms in total. The van der Waals surface area contributed by atoms with Gasteiger partial charge in [0.25, 0.3) is 0 Å². The summed E-state index contributed by atoms with van der Waals surface area (Å²) in [6.45, 7) is 3.73. The van der Waals surface area contributed by atoms with Crippen LogP contribution in [0.15, 0.2) is 36.8 Å². The summed E-state index contributed by atoms with van der Waals surface area (Å²) in [6, 6.07) is 5.15. The first-order valence-electron chi connectivity index (χ1n) is 10.5. The highest BCUT2D eigenvalue weighted by atomic mass is 19.4. The molecule has 3 aromatic rings. The zero-order valence-corrected chi connectivity index (χ0v) is 17.0. The molecule has 2 saturated heterocycles. The molecule has 2 aliphatic rings. The fourth-order valence-electron chi connectivity index (χ4n) is 4.65. The van der Waals surface area contributed by atoms with E-state index in [1.54, 1.807) is 12.4 Å². The Morgan fingerprint density at radius 3 is 2.52 bits per heavy atom. The van der Waals surface area contributed by atoms with E-state index >= 15 is 0 Å². The number of alkyl halides is 3. The first kappa shape index (κ1) is 20.1. The number of nitrogens with one attached hydrogen (secondary N) is 1. The lowest BCUT2D eigenvalue weighted by Crippen LogP contribution is -2.41. The van der Waals surface area contributed by atoms with E-state index < -0.39 is 12.6 Å². The van der Waals surface area contributed by atoms with Crippen LogP contribution in [-0.4, -0.2) is 52.3 Å². The molecule has 0 aromatic carbocycles. The maximum Gasteiger partial charge on any atom is 0.394 e. The summed E-state index contributed by atoms with van der Waals surface area (Å²) >= 11 is 0. The monoisotopic (exact) mass is 428 g/mol. The molecule has 31 heavy (non-hydrogen) atoms. The van der Waals surface area contributed by atoms with Crippen LogP contribution in [0, 0.1) is 5.41 Å². The van der Waals surface area contributed by atoms with Gasteiger partial charge in [0.1, 0.15) is 5.82 Å². The van der Waals surface area contributed by atoms with Crippen molar-refractivity contribution >= 4 is 16.7 Å². The van der Waals surface area contributed by atoms with Gasteiger partial charge in [-0.3, -0.25) is 9.97 Å². The van der Waals surface area contributed by atoms with Crippen LogP contribution in [-0.2, 0) is 6.42 Å². The van der Waals surface area contributed by atoms with Gasteiger partial charge in [-0.05, 0) is 49.4 Å².